The summed E-state index contributed by atoms with van der Waals surface area (Å²) in [6, 6.07) is 4.16. The van der Waals surface area contributed by atoms with Crippen molar-refractivity contribution in [2.24, 2.45) is 0 Å². The van der Waals surface area contributed by atoms with Crippen LogP contribution in [-0.2, 0) is 13.0 Å². The summed E-state index contributed by atoms with van der Waals surface area (Å²) in [6.07, 6.45) is 0.819. The van der Waals surface area contributed by atoms with Gasteiger partial charge in [-0.05, 0) is 24.6 Å². The van der Waals surface area contributed by atoms with Gasteiger partial charge < -0.3 is 10.4 Å². The molecule has 0 aliphatic rings. The van der Waals surface area contributed by atoms with Gasteiger partial charge in [0.25, 0.3) is 0 Å². The van der Waals surface area contributed by atoms with Crippen LogP contribution in [0, 0.1) is 12.7 Å². The first-order valence-electron chi connectivity index (χ1n) is 6.19. The number of carboxylic acid groups (broad SMARTS) is 1. The molecule has 0 aliphatic heterocycles. The van der Waals surface area contributed by atoms with Gasteiger partial charge in [0.15, 0.2) is 0 Å². The van der Waals surface area contributed by atoms with Crippen molar-refractivity contribution in [3.05, 3.63) is 51.2 Å². The van der Waals surface area contributed by atoms with Crippen LogP contribution in [0.1, 0.15) is 26.6 Å². The summed E-state index contributed by atoms with van der Waals surface area (Å²) in [6.45, 7) is 3.21. The Bertz CT molecular complexity index is 613. The molecular weight excluding hydrogens is 279 g/mol. The van der Waals surface area contributed by atoms with Crippen LogP contribution in [0.25, 0.3) is 0 Å². The Balaban J connectivity index is 1.82. The molecule has 1 aromatic carbocycles. The number of halogens is 1. The number of thiazole rings is 1. The van der Waals surface area contributed by atoms with Gasteiger partial charge in [-0.2, -0.15) is 0 Å². The standard InChI is InChI=1S/C14H15FN2O2S/c1-9-17-11(8-20-9)4-5-16-7-10-2-3-12(14(18)19)13(15)6-10/h2-3,6,8,16H,4-5,7H2,1H3,(H,18,19). The molecule has 20 heavy (non-hydrogen) atoms. The Morgan fingerprint density at radius 2 is 2.30 bits per heavy atom. The molecule has 1 heterocycles. The largest absolute Gasteiger partial charge is 0.478 e. The van der Waals surface area contributed by atoms with Gasteiger partial charge in [0.1, 0.15) is 5.82 Å². The number of nitrogens with one attached hydrogen (secondary N) is 1. The normalized spacial score (nSPS) is 10.7. The zero-order valence-electron chi connectivity index (χ0n) is 11.0. The van der Waals surface area contributed by atoms with Crippen molar-refractivity contribution in [3.63, 3.8) is 0 Å². The summed E-state index contributed by atoms with van der Waals surface area (Å²) >= 11 is 1.62. The third kappa shape index (κ3) is 3.85. The molecule has 0 aliphatic carbocycles. The van der Waals surface area contributed by atoms with Crippen LogP contribution in [0.3, 0.4) is 0 Å². The molecule has 4 nitrogen and oxygen atoms in total. The Labute approximate surface area is 120 Å². The molecule has 0 radical (unpaired) electrons. The minimum Gasteiger partial charge on any atom is -0.478 e. The summed E-state index contributed by atoms with van der Waals surface area (Å²) in [7, 11) is 0. The molecule has 6 heteroatoms. The Morgan fingerprint density at radius 3 is 2.90 bits per heavy atom. The Morgan fingerprint density at radius 1 is 1.50 bits per heavy atom. The fourth-order valence-electron chi connectivity index (χ4n) is 1.81. The molecule has 106 valence electrons. The van der Waals surface area contributed by atoms with Crippen molar-refractivity contribution in [2.45, 2.75) is 19.9 Å². The fourth-order valence-corrected chi connectivity index (χ4v) is 2.46. The lowest BCUT2D eigenvalue weighted by molar-refractivity contribution is 0.0692. The summed E-state index contributed by atoms with van der Waals surface area (Å²) in [5.74, 6) is -1.95. The van der Waals surface area contributed by atoms with Gasteiger partial charge in [-0.3, -0.25) is 0 Å². The average molecular weight is 294 g/mol. The van der Waals surface area contributed by atoms with E-state index in [0.29, 0.717) is 6.54 Å². The number of aryl methyl sites for hydroxylation is 1. The Kier molecular flexibility index (Phi) is 4.81. The van der Waals surface area contributed by atoms with Gasteiger partial charge in [-0.15, -0.1) is 11.3 Å². The lowest BCUT2D eigenvalue weighted by atomic mass is 10.1. The molecular formula is C14H15FN2O2S. The maximum absolute atomic E-state index is 13.5. The van der Waals surface area contributed by atoms with E-state index >= 15 is 0 Å². The average Bonchev–Trinajstić information content (AvgIpc) is 2.80. The molecule has 0 amide bonds. The summed E-state index contributed by atoms with van der Waals surface area (Å²) in [5.41, 5.74) is 1.47. The highest BCUT2D eigenvalue weighted by Gasteiger charge is 2.10. The molecule has 0 saturated heterocycles. The first kappa shape index (κ1) is 14.6. The highest BCUT2D eigenvalue weighted by atomic mass is 32.1. The van der Waals surface area contributed by atoms with E-state index in [-0.39, 0.29) is 5.56 Å². The predicted octanol–water partition coefficient (Wildman–Crippen LogP) is 2.62. The van der Waals surface area contributed by atoms with E-state index in [9.17, 15) is 9.18 Å². The molecule has 1 aromatic heterocycles. The number of carbonyl (C=O) groups is 1. The number of aromatic carboxylic acids is 1. The number of aromatic nitrogens is 1. The lowest BCUT2D eigenvalue weighted by Crippen LogP contribution is -2.17. The number of benzene rings is 1. The van der Waals surface area contributed by atoms with Crippen LogP contribution in [0.4, 0.5) is 4.39 Å². The maximum atomic E-state index is 13.5. The van der Waals surface area contributed by atoms with Gasteiger partial charge in [-0.1, -0.05) is 6.07 Å². The predicted molar refractivity (Wildman–Crippen MR) is 75.6 cm³/mol. The van der Waals surface area contributed by atoms with E-state index in [2.05, 4.69) is 10.3 Å². The van der Waals surface area contributed by atoms with Gasteiger partial charge in [0.05, 0.1) is 16.3 Å². The molecule has 0 saturated carbocycles. The second-order valence-electron chi connectivity index (χ2n) is 4.40. The number of nitrogens with zero attached hydrogens (tertiary/aromatic N) is 1. The van der Waals surface area contributed by atoms with Crippen molar-refractivity contribution in [2.75, 3.05) is 6.54 Å². The van der Waals surface area contributed by atoms with E-state index in [1.165, 1.54) is 12.1 Å². The number of carboxylic acids is 1. The Hall–Kier alpha value is -1.79. The zero-order chi connectivity index (χ0) is 14.5. The quantitative estimate of drug-likeness (QED) is 0.804. The van der Waals surface area contributed by atoms with Crippen LogP contribution in [0.2, 0.25) is 0 Å². The lowest BCUT2D eigenvalue weighted by Gasteiger charge is -2.05. The third-order valence-corrected chi connectivity index (χ3v) is 3.64. The molecule has 0 spiro atoms. The van der Waals surface area contributed by atoms with E-state index in [1.807, 2.05) is 12.3 Å². The monoisotopic (exact) mass is 294 g/mol. The number of hydrogen-bond donors (Lipinski definition) is 2. The molecule has 0 bridgehead atoms. The summed E-state index contributed by atoms with van der Waals surface area (Å²) in [5, 5.41) is 15.0. The highest BCUT2D eigenvalue weighted by Crippen LogP contribution is 2.11. The summed E-state index contributed by atoms with van der Waals surface area (Å²) in [4.78, 5) is 15.0. The van der Waals surface area contributed by atoms with Crippen molar-refractivity contribution in [1.29, 1.82) is 0 Å². The maximum Gasteiger partial charge on any atom is 0.338 e. The fraction of sp³-hybridized carbons (Fsp3) is 0.286. The van der Waals surface area contributed by atoms with Gasteiger partial charge >= 0.3 is 5.97 Å². The van der Waals surface area contributed by atoms with Crippen molar-refractivity contribution in [1.82, 2.24) is 10.3 Å². The van der Waals surface area contributed by atoms with Crippen molar-refractivity contribution in [3.8, 4) is 0 Å². The highest BCUT2D eigenvalue weighted by molar-refractivity contribution is 7.09. The molecule has 2 aromatic rings. The van der Waals surface area contributed by atoms with Gasteiger partial charge in [-0.25, -0.2) is 14.2 Å². The first-order chi connectivity index (χ1) is 9.56. The smallest absolute Gasteiger partial charge is 0.338 e. The molecule has 0 atom stereocenters. The number of hydrogen-bond acceptors (Lipinski definition) is 4. The van der Waals surface area contributed by atoms with Gasteiger partial charge in [0, 0.05) is 24.9 Å². The van der Waals surface area contributed by atoms with E-state index in [0.717, 1.165) is 29.2 Å². The SMILES string of the molecule is Cc1nc(CCNCc2ccc(C(=O)O)c(F)c2)cs1. The van der Waals surface area contributed by atoms with E-state index in [1.54, 1.807) is 17.4 Å². The number of rotatable bonds is 6. The minimum absolute atomic E-state index is 0.299. The summed E-state index contributed by atoms with van der Waals surface area (Å²) < 4.78 is 13.5. The van der Waals surface area contributed by atoms with Crippen molar-refractivity contribution < 1.29 is 14.3 Å². The molecule has 0 unspecified atom stereocenters. The van der Waals surface area contributed by atoms with Gasteiger partial charge in [0.2, 0.25) is 0 Å². The third-order valence-electron chi connectivity index (χ3n) is 2.82. The molecule has 2 N–H and O–H groups in total. The van der Waals surface area contributed by atoms with Crippen LogP contribution >= 0.6 is 11.3 Å². The van der Waals surface area contributed by atoms with E-state index in [4.69, 9.17) is 5.11 Å². The van der Waals surface area contributed by atoms with E-state index < -0.39 is 11.8 Å². The van der Waals surface area contributed by atoms with Crippen LogP contribution in [-0.4, -0.2) is 22.6 Å². The zero-order valence-corrected chi connectivity index (χ0v) is 11.8. The second kappa shape index (κ2) is 6.58. The topological polar surface area (TPSA) is 62.2 Å². The second-order valence-corrected chi connectivity index (χ2v) is 5.47. The van der Waals surface area contributed by atoms with Crippen molar-refractivity contribution >= 4 is 17.3 Å². The van der Waals surface area contributed by atoms with Crippen LogP contribution < -0.4 is 5.32 Å². The minimum atomic E-state index is -1.25. The molecule has 0 fully saturated rings. The molecule has 2 rings (SSSR count). The first-order valence-corrected chi connectivity index (χ1v) is 7.07. The van der Waals surface area contributed by atoms with Crippen LogP contribution in [0.5, 0.6) is 0 Å². The van der Waals surface area contributed by atoms with Crippen LogP contribution in [0.15, 0.2) is 23.6 Å².